The first kappa shape index (κ1) is 30.0. The van der Waals surface area contributed by atoms with E-state index < -0.39 is 14.3 Å². The zero-order chi connectivity index (χ0) is 17.1. The molecule has 0 saturated heterocycles. The molecule has 0 fully saturated rings. The maximum atomic E-state index is 11.8. The third-order valence-corrected chi connectivity index (χ3v) is 2.93. The molecule has 1 aromatic carbocycles. The number of rotatable bonds is 4. The fourth-order valence-corrected chi connectivity index (χ4v) is 1.13. The van der Waals surface area contributed by atoms with Crippen molar-refractivity contribution in [2.45, 2.75) is 20.8 Å². The van der Waals surface area contributed by atoms with Gasteiger partial charge in [0.2, 0.25) is 0 Å². The summed E-state index contributed by atoms with van der Waals surface area (Å²) < 4.78 is 35.3. The Labute approximate surface area is 154 Å². The van der Waals surface area contributed by atoms with Crippen molar-refractivity contribution in [2.24, 2.45) is 0 Å². The summed E-state index contributed by atoms with van der Waals surface area (Å²) in [6, 6.07) is 5.00. The van der Waals surface area contributed by atoms with Crippen molar-refractivity contribution in [3.05, 3.63) is 40.2 Å². The van der Waals surface area contributed by atoms with Gasteiger partial charge in [-0.05, 0) is 0 Å². The normalized spacial score (nSPS) is 8.95. The van der Waals surface area contributed by atoms with Crippen LogP contribution in [0.4, 0.5) is 12.3 Å². The van der Waals surface area contributed by atoms with Gasteiger partial charge in [-0.15, -0.1) is 0 Å². The molecule has 0 bridgehead atoms. The summed E-state index contributed by atoms with van der Waals surface area (Å²) in [5, 5.41) is 10.8. The largest absolute Gasteiger partial charge is 4.00 e. The Hall–Kier alpha value is 0.107. The van der Waals surface area contributed by atoms with E-state index in [2.05, 4.69) is 16.0 Å². The van der Waals surface area contributed by atoms with Gasteiger partial charge in [-0.2, -0.15) is 52.9 Å². The van der Waals surface area contributed by atoms with E-state index in [9.17, 15) is 12.3 Å². The van der Waals surface area contributed by atoms with Gasteiger partial charge in [0.05, 0.1) is 0 Å². The zero-order valence-corrected chi connectivity index (χ0v) is 19.0. The van der Waals surface area contributed by atoms with Crippen LogP contribution in [0, 0.1) is 0 Å². The average molecular weight is 502 g/mol. The Balaban J connectivity index is -0.000000107. The minimum Gasteiger partial charge on any atom is -0.665 e. The summed E-state index contributed by atoms with van der Waals surface area (Å²) in [7, 11) is -0.0644. The van der Waals surface area contributed by atoms with Gasteiger partial charge in [-0.3, -0.25) is 0 Å². The molecular weight excluding hydrogens is 474 g/mol. The molecule has 0 radical (unpaired) electrons. The molecule has 0 saturated carbocycles. The van der Waals surface area contributed by atoms with E-state index in [1.54, 1.807) is 21.1 Å². The second-order valence-corrected chi connectivity index (χ2v) is 5.14. The summed E-state index contributed by atoms with van der Waals surface area (Å²) in [6.07, 6.45) is 0. The fourth-order valence-electron chi connectivity index (χ4n) is 0.563. The molecular formula is C14H28F3HfN3Si. The van der Waals surface area contributed by atoms with Crippen LogP contribution in [0.25, 0.3) is 16.0 Å². The number of halogens is 3. The van der Waals surface area contributed by atoms with Crippen molar-refractivity contribution in [3.8, 4) is 0 Å². The molecule has 0 heterocycles. The van der Waals surface area contributed by atoms with Crippen molar-refractivity contribution >= 4 is 14.3 Å². The molecule has 0 N–H and O–H groups in total. The molecule has 1 rings (SSSR count). The van der Waals surface area contributed by atoms with Gasteiger partial charge in [0.15, 0.2) is 0 Å². The molecule has 3 nitrogen and oxygen atoms in total. The maximum absolute atomic E-state index is 11.8. The predicted octanol–water partition coefficient (Wildman–Crippen LogP) is 4.49. The molecule has 22 heavy (non-hydrogen) atoms. The Kier molecular flexibility index (Phi) is 31.9. The first-order valence-electron chi connectivity index (χ1n) is 6.81. The smallest absolute Gasteiger partial charge is 0.665 e. The third-order valence-electron chi connectivity index (χ3n) is 1.94. The summed E-state index contributed by atoms with van der Waals surface area (Å²) in [4.78, 5) is 0. The van der Waals surface area contributed by atoms with Gasteiger partial charge in [-0.25, -0.2) is 24.5 Å². The van der Waals surface area contributed by atoms with Gasteiger partial charge in [0.25, 0.3) is 0 Å². The van der Waals surface area contributed by atoms with Crippen LogP contribution >= 0.6 is 0 Å². The number of hydrogen-bond acceptors (Lipinski definition) is 0. The van der Waals surface area contributed by atoms with Crippen LogP contribution in [0.1, 0.15) is 20.8 Å². The van der Waals surface area contributed by atoms with E-state index >= 15 is 0 Å². The third kappa shape index (κ3) is 28.3. The molecule has 0 spiro atoms. The second-order valence-electron chi connectivity index (χ2n) is 3.57. The van der Waals surface area contributed by atoms with Crippen molar-refractivity contribution in [1.82, 2.24) is 0 Å². The SMILES string of the molecule is CC[N-]C.CC[N-]C.CC[N-]C.F[Si](F)(F)[c-]1cccc1.[Hf+4]. The van der Waals surface area contributed by atoms with Crippen molar-refractivity contribution in [2.75, 3.05) is 40.8 Å². The van der Waals surface area contributed by atoms with E-state index in [0.29, 0.717) is 0 Å². The van der Waals surface area contributed by atoms with Crippen LogP contribution in [0.15, 0.2) is 24.3 Å². The molecule has 0 aliphatic rings. The Bertz CT molecular complexity index is 255. The Morgan fingerprint density at radius 1 is 0.773 bits per heavy atom. The van der Waals surface area contributed by atoms with Crippen molar-refractivity contribution in [3.63, 3.8) is 0 Å². The summed E-state index contributed by atoms with van der Waals surface area (Å²) >= 11 is 0. The summed E-state index contributed by atoms with van der Waals surface area (Å²) in [5.74, 6) is 0. The van der Waals surface area contributed by atoms with E-state index in [-0.39, 0.29) is 25.8 Å². The second kappa shape index (κ2) is 23.4. The number of hydrogen-bond donors (Lipinski definition) is 0. The average Bonchev–Trinajstić information content (AvgIpc) is 3.02. The van der Waals surface area contributed by atoms with Crippen LogP contribution in [0.3, 0.4) is 0 Å². The van der Waals surface area contributed by atoms with Gasteiger partial charge in [-0.1, -0.05) is 26.0 Å². The number of nitrogens with zero attached hydrogens (tertiary/aromatic N) is 3. The fraction of sp³-hybridized carbons (Fsp3) is 0.643. The zero-order valence-electron chi connectivity index (χ0n) is 14.4. The summed E-state index contributed by atoms with van der Waals surface area (Å²) in [5.41, 5.74) is 0. The minimum absolute atomic E-state index is 0. The summed E-state index contributed by atoms with van der Waals surface area (Å²) in [6.45, 7) is 8.88. The predicted molar refractivity (Wildman–Crippen MR) is 90.2 cm³/mol. The van der Waals surface area contributed by atoms with Crippen LogP contribution in [0.2, 0.25) is 0 Å². The van der Waals surface area contributed by atoms with Crippen molar-refractivity contribution < 1.29 is 38.2 Å². The Morgan fingerprint density at radius 2 is 1.00 bits per heavy atom. The van der Waals surface area contributed by atoms with Crippen LogP contribution in [-0.2, 0) is 25.8 Å². The minimum atomic E-state index is -5.48. The van der Waals surface area contributed by atoms with Crippen LogP contribution in [-0.4, -0.2) is 49.9 Å². The maximum Gasteiger partial charge on any atom is 4.00 e. The molecule has 1 aromatic rings. The van der Waals surface area contributed by atoms with Gasteiger partial charge >= 0.3 is 34.9 Å². The van der Waals surface area contributed by atoms with E-state index in [1.807, 2.05) is 20.8 Å². The molecule has 0 aromatic heterocycles. The monoisotopic (exact) mass is 503 g/mol. The van der Waals surface area contributed by atoms with Gasteiger partial charge < -0.3 is 16.0 Å². The molecule has 0 atom stereocenters. The van der Waals surface area contributed by atoms with Crippen molar-refractivity contribution in [1.29, 1.82) is 0 Å². The Morgan fingerprint density at radius 3 is 1.09 bits per heavy atom. The topological polar surface area (TPSA) is 42.3 Å². The standard InChI is InChI=1S/C5H4F3Si.3C3H8N.Hf/c6-9(7,8)5-3-1-2-4-5;3*1-3-4-2;/h1-4H;3*3H2,1-2H3;/q4*-1;+4. The molecule has 8 heteroatoms. The molecule has 128 valence electrons. The first-order valence-corrected chi connectivity index (χ1v) is 8.44. The van der Waals surface area contributed by atoms with Gasteiger partial charge in [0.1, 0.15) is 0 Å². The quantitative estimate of drug-likeness (QED) is 0.331. The molecule has 0 amide bonds. The van der Waals surface area contributed by atoms with E-state index in [4.69, 9.17) is 0 Å². The van der Waals surface area contributed by atoms with Gasteiger partial charge in [0, 0.05) is 0 Å². The van der Waals surface area contributed by atoms with E-state index in [0.717, 1.165) is 31.8 Å². The van der Waals surface area contributed by atoms with E-state index in [1.165, 1.54) is 12.1 Å². The first-order chi connectivity index (χ1) is 9.85. The molecule has 0 unspecified atom stereocenters. The van der Waals surface area contributed by atoms with Crippen LogP contribution in [0.5, 0.6) is 0 Å². The molecule has 0 aliphatic heterocycles. The van der Waals surface area contributed by atoms with Crippen LogP contribution < -0.4 is 5.19 Å². The molecule has 0 aliphatic carbocycles.